The van der Waals surface area contributed by atoms with Crippen molar-refractivity contribution in [3.05, 3.63) is 23.4 Å². The summed E-state index contributed by atoms with van der Waals surface area (Å²) in [7, 11) is 1.63. The van der Waals surface area contributed by atoms with E-state index in [4.69, 9.17) is 18.9 Å². The third kappa shape index (κ3) is 7.20. The molecular weight excluding hydrogens is 514 g/mol. The highest BCUT2D eigenvalue weighted by Gasteiger charge is 2.46. The Bertz CT molecular complexity index is 1030. The molecule has 39 heavy (non-hydrogen) atoms. The number of hydrogen-bond acceptors (Lipinski definition) is 8. The molecule has 4 rings (SSSR count). The lowest BCUT2D eigenvalue weighted by molar-refractivity contribution is -0.120. The molecule has 12 heteroatoms. The molecule has 2 aliphatic carbocycles. The lowest BCUT2D eigenvalue weighted by Crippen LogP contribution is -2.56. The molecule has 1 N–H and O–H groups in total. The molecular formula is C27H40F2N4O6. The van der Waals surface area contributed by atoms with Crippen molar-refractivity contribution >= 4 is 18.0 Å². The van der Waals surface area contributed by atoms with Crippen molar-refractivity contribution in [2.75, 3.05) is 26.7 Å². The molecule has 10 nitrogen and oxygen atoms in total. The third-order valence-electron chi connectivity index (χ3n) is 7.01. The first-order valence-electron chi connectivity index (χ1n) is 13.6. The molecule has 4 aliphatic rings. The number of carbonyl (C=O) groups excluding carboxylic acids is 2. The fourth-order valence-corrected chi connectivity index (χ4v) is 5.04. The van der Waals surface area contributed by atoms with Crippen LogP contribution in [0.2, 0.25) is 0 Å². The van der Waals surface area contributed by atoms with Gasteiger partial charge in [0.2, 0.25) is 5.91 Å². The van der Waals surface area contributed by atoms with E-state index in [1.807, 2.05) is 6.92 Å². The van der Waals surface area contributed by atoms with Crippen LogP contribution < -0.4 is 5.32 Å². The number of ether oxygens (including phenoxy) is 4. The van der Waals surface area contributed by atoms with Crippen LogP contribution in [0, 0.1) is 0 Å². The minimum absolute atomic E-state index is 0.0136. The molecule has 0 bridgehead atoms. The van der Waals surface area contributed by atoms with E-state index >= 15 is 4.39 Å². The number of nitrogens with zero attached hydrogens (tertiary/aromatic N) is 3. The fraction of sp³-hybridized carbons (Fsp3) is 0.741. The van der Waals surface area contributed by atoms with E-state index in [0.717, 1.165) is 31.8 Å². The fourth-order valence-electron chi connectivity index (χ4n) is 5.04. The molecule has 2 fully saturated rings. The normalized spacial score (nSPS) is 28.2. The Morgan fingerprint density at radius 3 is 2.38 bits per heavy atom. The molecule has 2 aliphatic heterocycles. The number of hydrogen-bond donors (Lipinski definition) is 1. The second-order valence-electron chi connectivity index (χ2n) is 11.7. The number of amides is 2. The maximum absolute atomic E-state index is 15.5. The molecule has 1 saturated heterocycles. The van der Waals surface area contributed by atoms with Crippen molar-refractivity contribution in [3.8, 4) is 0 Å². The average Bonchev–Trinajstić information content (AvgIpc) is 3.13. The number of halogens is 2. The van der Waals surface area contributed by atoms with Crippen molar-refractivity contribution in [2.24, 2.45) is 4.99 Å². The molecule has 2 amide bonds. The molecule has 3 atom stereocenters. The van der Waals surface area contributed by atoms with Crippen molar-refractivity contribution in [1.29, 1.82) is 0 Å². The first-order valence-corrected chi connectivity index (χ1v) is 13.6. The Hall–Kier alpha value is -2.89. The minimum Gasteiger partial charge on any atom is -0.488 e. The maximum Gasteiger partial charge on any atom is 0.410 e. The summed E-state index contributed by atoms with van der Waals surface area (Å²) >= 11 is 0. The van der Waals surface area contributed by atoms with E-state index in [-0.39, 0.29) is 54.7 Å². The summed E-state index contributed by atoms with van der Waals surface area (Å²) in [6.07, 6.45) is 1.43. The van der Waals surface area contributed by atoms with Crippen LogP contribution in [0.1, 0.15) is 60.3 Å². The number of fused-ring (bicyclic) bond motifs is 1. The van der Waals surface area contributed by atoms with Crippen LogP contribution in [-0.2, 0) is 23.7 Å². The predicted molar refractivity (Wildman–Crippen MR) is 139 cm³/mol. The van der Waals surface area contributed by atoms with E-state index in [0.29, 0.717) is 6.61 Å². The van der Waals surface area contributed by atoms with Gasteiger partial charge in [0.1, 0.15) is 35.3 Å². The Kier molecular flexibility index (Phi) is 8.72. The van der Waals surface area contributed by atoms with Crippen LogP contribution in [0.3, 0.4) is 0 Å². The van der Waals surface area contributed by atoms with Gasteiger partial charge in [-0.25, -0.2) is 13.6 Å². The molecule has 0 radical (unpaired) electrons. The largest absolute Gasteiger partial charge is 0.488 e. The number of likely N-dealkylation sites (tertiary alicyclic amines) is 1. The predicted octanol–water partition coefficient (Wildman–Crippen LogP) is 3.58. The smallest absolute Gasteiger partial charge is 0.410 e. The zero-order valence-electron chi connectivity index (χ0n) is 23.5. The molecule has 1 saturated carbocycles. The van der Waals surface area contributed by atoms with Crippen molar-refractivity contribution in [1.82, 2.24) is 15.1 Å². The van der Waals surface area contributed by atoms with E-state index < -0.39 is 35.8 Å². The van der Waals surface area contributed by atoms with Gasteiger partial charge in [0, 0.05) is 26.1 Å². The lowest BCUT2D eigenvalue weighted by Gasteiger charge is -2.41. The van der Waals surface area contributed by atoms with Gasteiger partial charge in [-0.3, -0.25) is 4.79 Å². The number of rotatable bonds is 7. The van der Waals surface area contributed by atoms with Gasteiger partial charge in [-0.2, -0.15) is 4.99 Å². The number of carbonyl (C=O) groups is 2. The molecule has 218 valence electrons. The molecule has 0 aromatic heterocycles. The van der Waals surface area contributed by atoms with Crippen LogP contribution in [0.4, 0.5) is 13.6 Å². The number of alkyl halides is 1. The molecule has 2 unspecified atom stereocenters. The van der Waals surface area contributed by atoms with Crippen LogP contribution in [0.15, 0.2) is 28.4 Å². The Balaban J connectivity index is 1.27. The molecule has 2 heterocycles. The van der Waals surface area contributed by atoms with Crippen LogP contribution in [-0.4, -0.2) is 96.7 Å². The zero-order valence-corrected chi connectivity index (χ0v) is 23.5. The van der Waals surface area contributed by atoms with Gasteiger partial charge in [-0.15, -0.1) is 0 Å². The Labute approximate surface area is 228 Å². The van der Waals surface area contributed by atoms with Crippen molar-refractivity contribution in [2.45, 2.75) is 102 Å². The summed E-state index contributed by atoms with van der Waals surface area (Å²) in [5, 5.41) is 2.80. The summed E-state index contributed by atoms with van der Waals surface area (Å²) in [4.78, 5) is 30.5. The second-order valence-corrected chi connectivity index (χ2v) is 11.7. The van der Waals surface area contributed by atoms with Gasteiger partial charge in [0.15, 0.2) is 12.0 Å². The molecule has 0 spiro atoms. The highest BCUT2D eigenvalue weighted by atomic mass is 19.1. The number of likely N-dealkylation sites (N-methyl/N-ethyl adjacent to an activating group) is 1. The van der Waals surface area contributed by atoms with Crippen molar-refractivity contribution < 1.29 is 37.3 Å². The van der Waals surface area contributed by atoms with E-state index in [1.54, 1.807) is 27.8 Å². The number of nitrogens with one attached hydrogen (secondary N) is 1. The van der Waals surface area contributed by atoms with Gasteiger partial charge in [-0.05, 0) is 53.4 Å². The summed E-state index contributed by atoms with van der Waals surface area (Å²) < 4.78 is 53.6. The SMILES string of the molecule is CC(=O)N[C@@H](C)COC1CCC(OC2=NC3=C(F)C=C(OC4CN(C(=O)OC(C)(C)C)C4)C(F)C3N2C)CC1. The summed E-state index contributed by atoms with van der Waals surface area (Å²) in [5.41, 5.74) is -0.628. The van der Waals surface area contributed by atoms with E-state index in [9.17, 15) is 14.0 Å². The highest BCUT2D eigenvalue weighted by molar-refractivity contribution is 5.80. The maximum atomic E-state index is 15.5. The quantitative estimate of drug-likeness (QED) is 0.513. The van der Waals surface area contributed by atoms with Crippen LogP contribution >= 0.6 is 0 Å². The standard InChI is InChI=1S/C27H40F2N4O6/c1-15(30-16(2)34)14-36-17-7-9-18(10-8-17)38-25-31-23-20(28)11-21(22(29)24(23)32(25)6)37-19-12-33(13-19)26(35)39-27(3,4)5/h11,15,17-19,22,24H,7-10,12-14H2,1-6H3,(H,30,34)/t15-,17?,18?,22?,24?/m0/s1. The zero-order chi connectivity index (χ0) is 28.5. The third-order valence-corrected chi connectivity index (χ3v) is 7.01. The topological polar surface area (TPSA) is 102 Å². The summed E-state index contributed by atoms with van der Waals surface area (Å²) in [6, 6.07) is -0.864. The van der Waals surface area contributed by atoms with Crippen LogP contribution in [0.5, 0.6) is 0 Å². The lowest BCUT2D eigenvalue weighted by atomic mass is 9.95. The minimum atomic E-state index is -1.64. The Morgan fingerprint density at radius 1 is 1.13 bits per heavy atom. The summed E-state index contributed by atoms with van der Waals surface area (Å²) in [5.74, 6) is -0.873. The van der Waals surface area contributed by atoms with Crippen molar-refractivity contribution in [3.63, 3.8) is 0 Å². The van der Waals surface area contributed by atoms with Crippen LogP contribution in [0.25, 0.3) is 0 Å². The monoisotopic (exact) mass is 554 g/mol. The molecule has 0 aromatic carbocycles. The van der Waals surface area contributed by atoms with Gasteiger partial charge in [0.25, 0.3) is 6.02 Å². The number of aliphatic imine (C=N–C) groups is 1. The Morgan fingerprint density at radius 2 is 1.77 bits per heavy atom. The highest BCUT2D eigenvalue weighted by Crippen LogP contribution is 2.38. The van der Waals surface area contributed by atoms with E-state index in [2.05, 4.69) is 10.3 Å². The first-order chi connectivity index (χ1) is 18.3. The summed E-state index contributed by atoms with van der Waals surface area (Å²) in [6.45, 7) is 9.63. The number of amidine groups is 1. The average molecular weight is 555 g/mol. The van der Waals surface area contributed by atoms with E-state index in [1.165, 1.54) is 16.7 Å². The number of allylic oxidation sites excluding steroid dienone is 2. The van der Waals surface area contributed by atoms with Gasteiger partial charge >= 0.3 is 6.09 Å². The molecule has 0 aromatic rings. The van der Waals surface area contributed by atoms with Gasteiger partial charge < -0.3 is 34.1 Å². The second kappa shape index (κ2) is 11.7. The van der Waals surface area contributed by atoms with Gasteiger partial charge in [-0.1, -0.05) is 0 Å². The first kappa shape index (κ1) is 29.1. The van der Waals surface area contributed by atoms with Gasteiger partial charge in [0.05, 0.1) is 25.8 Å².